The zero-order valence-electron chi connectivity index (χ0n) is 76.3. The lowest BCUT2D eigenvalue weighted by molar-refractivity contribution is -0.148. The number of hydrogen-bond acceptors (Lipinski definition) is 25. The van der Waals surface area contributed by atoms with Gasteiger partial charge < -0.3 is 85.3 Å². The van der Waals surface area contributed by atoms with Crippen LogP contribution in [0.4, 0.5) is 9.59 Å². The van der Waals surface area contributed by atoms with Crippen molar-refractivity contribution in [2.45, 2.75) is 264 Å². The molecule has 1 aliphatic heterocycles. The number of fused-ring (bicyclic) bond motifs is 2. The Kier molecular flexibility index (Phi) is 43.7. The summed E-state index contributed by atoms with van der Waals surface area (Å²) in [5.41, 5.74) is -0.423. The molecule has 1 saturated carbocycles. The number of methoxy groups -OCH3 is 2. The highest BCUT2D eigenvalue weighted by atomic mass is 16.6. The molecule has 5 rings (SSSR count). The summed E-state index contributed by atoms with van der Waals surface area (Å²) in [7, 11) is 10.3. The fraction of sp³-hybridized carbons (Fsp3) is 0.770. The van der Waals surface area contributed by atoms with E-state index in [2.05, 4.69) is 58.2 Å². The van der Waals surface area contributed by atoms with Gasteiger partial charge in [0.15, 0.2) is 11.6 Å². The zero-order valence-corrected chi connectivity index (χ0v) is 76.3. The van der Waals surface area contributed by atoms with Gasteiger partial charge in [0.05, 0.1) is 111 Å². The molecule has 1 aromatic heterocycles. The van der Waals surface area contributed by atoms with Gasteiger partial charge in [-0.2, -0.15) is 0 Å². The number of rotatable bonds is 56. The van der Waals surface area contributed by atoms with Crippen LogP contribution in [0, 0.1) is 41.4 Å². The van der Waals surface area contributed by atoms with E-state index >= 15 is 0 Å². The van der Waals surface area contributed by atoms with Crippen molar-refractivity contribution in [2.24, 2.45) is 48.5 Å². The quantitative estimate of drug-likeness (QED) is 0.0254. The molecule has 9 amide bonds. The number of aryl methyl sites for hydroxylation is 2. The van der Waals surface area contributed by atoms with Crippen LogP contribution in [-0.4, -0.2) is 298 Å². The fourth-order valence-corrected chi connectivity index (χ4v) is 16.3. The van der Waals surface area contributed by atoms with E-state index in [9.17, 15) is 62.6 Å². The van der Waals surface area contributed by atoms with Crippen molar-refractivity contribution in [2.75, 3.05) is 121 Å². The predicted molar refractivity (Wildman–Crippen MR) is 457 cm³/mol. The number of ether oxygens (including phenoxy) is 7. The van der Waals surface area contributed by atoms with Crippen LogP contribution in [0.2, 0.25) is 0 Å². The summed E-state index contributed by atoms with van der Waals surface area (Å²) in [4.78, 5) is 170. The topological polar surface area (TPSA) is 438 Å². The van der Waals surface area contributed by atoms with Crippen molar-refractivity contribution < 1.29 is 95.8 Å². The van der Waals surface area contributed by atoms with Crippen molar-refractivity contribution >= 4 is 71.1 Å². The van der Waals surface area contributed by atoms with Crippen LogP contribution in [0.5, 0.6) is 0 Å². The van der Waals surface area contributed by atoms with Gasteiger partial charge in [0.2, 0.25) is 41.4 Å². The van der Waals surface area contributed by atoms with Crippen LogP contribution in [0.3, 0.4) is 0 Å². The van der Waals surface area contributed by atoms with E-state index in [1.807, 2.05) is 110 Å². The maximum Gasteiger partial charge on any atom is 0.407 e. The molecule has 4 unspecified atom stereocenters. The van der Waals surface area contributed by atoms with Gasteiger partial charge >= 0.3 is 18.2 Å². The van der Waals surface area contributed by atoms with E-state index in [1.165, 1.54) is 26.8 Å². The number of ketones is 2. The van der Waals surface area contributed by atoms with E-state index in [0.29, 0.717) is 56.6 Å². The van der Waals surface area contributed by atoms with Gasteiger partial charge in [0, 0.05) is 85.9 Å². The summed E-state index contributed by atoms with van der Waals surface area (Å²) in [5, 5.41) is 43.8. The van der Waals surface area contributed by atoms with Crippen LogP contribution >= 0.6 is 0 Å². The van der Waals surface area contributed by atoms with Crippen LogP contribution < -0.4 is 47.9 Å². The number of amides is 9. The van der Waals surface area contributed by atoms with Crippen LogP contribution in [0.1, 0.15) is 191 Å². The Morgan fingerprint density at radius 3 is 1.95 bits per heavy atom. The van der Waals surface area contributed by atoms with Gasteiger partial charge in [-0.1, -0.05) is 104 Å². The molecular weight excluding hydrogens is 1580 g/mol. The number of likely N-dealkylation sites (tertiary alicyclic amines) is 1. The molecule has 3 aliphatic rings. The molecule has 0 spiro atoms. The minimum atomic E-state index is -1.40. The average Bonchev–Trinajstić information content (AvgIpc) is 1.60. The Bertz CT molecular complexity index is 3670. The van der Waals surface area contributed by atoms with Crippen LogP contribution in [-0.2, 0) is 107 Å². The highest BCUT2D eigenvalue weighted by Gasteiger charge is 2.51. The Morgan fingerprint density at radius 1 is 0.672 bits per heavy atom. The fourth-order valence-electron chi connectivity index (χ4n) is 16.3. The first-order valence-electron chi connectivity index (χ1n) is 43.8. The van der Waals surface area contributed by atoms with Crippen molar-refractivity contribution in [3.63, 3.8) is 0 Å². The number of alkyl carbamates (subject to hydrolysis) is 2. The van der Waals surface area contributed by atoms with Gasteiger partial charge in [-0.15, -0.1) is 5.10 Å². The molecular formula is C87H147N15O20. The minimum absolute atomic E-state index is 0.0159. The van der Waals surface area contributed by atoms with Crippen LogP contribution in [0.25, 0.3) is 0 Å². The Balaban J connectivity index is 1.04. The van der Waals surface area contributed by atoms with Gasteiger partial charge in [-0.05, 0) is 154 Å². The maximum absolute atomic E-state index is 14.6. The first-order chi connectivity index (χ1) is 57.8. The Labute approximate surface area is 722 Å². The number of esters is 1. The molecule has 2 aromatic rings. The molecule has 2 fully saturated rings. The van der Waals surface area contributed by atoms with Gasteiger partial charge in [0.1, 0.15) is 30.8 Å². The van der Waals surface area contributed by atoms with Gasteiger partial charge in [-0.3, -0.25) is 63.4 Å². The number of hydrogen-bond donors (Lipinski definition) is 10. The third-order valence-corrected chi connectivity index (χ3v) is 24.5. The molecule has 35 nitrogen and oxygen atoms in total. The number of aromatic nitrogens is 3. The number of benzene rings is 1. The summed E-state index contributed by atoms with van der Waals surface area (Å²) in [5.74, 6) is -4.24. The summed E-state index contributed by atoms with van der Waals surface area (Å²) in [6.45, 7) is 25.3. The summed E-state index contributed by atoms with van der Waals surface area (Å²) in [6.07, 6.45) is 3.28. The molecule has 1 aromatic carbocycles. The number of nitrogens with one attached hydrogen (secondary N) is 9. The normalized spacial score (nSPS) is 19.3. The molecule has 2 aliphatic carbocycles. The number of likely N-dealkylation sites (N-methyl/N-ethyl adjacent to an activating group) is 2. The first-order valence-corrected chi connectivity index (χ1v) is 43.8. The monoisotopic (exact) mass is 1720 g/mol. The highest BCUT2D eigenvalue weighted by molar-refractivity contribution is 5.94. The lowest BCUT2D eigenvalue weighted by atomic mass is 9.88. The standard InChI is InChI=1S/C87H147N15O20/c1-21-56(8)75(100(17)81(112)73(54(4)5)94-80(111)74(55(6)7)99(15)16)68(116-19)50-72(107)102-42-27-31-67(102)76(117-20)57(9)77(108)93-64(49-59-29-25-24-26-30-59)78(109)88-39-28-44-120-82(113)58(10)92-71(106)36-40-89-83(114)122-53-65(79(110)96-85(11,12)38-43-103)95-87(14,23-3)70(105)51-91-86(13,22-2)69(104)37-45-118-47-48-119-46-41-90-84(115)121-52-62-60-32-34-63-66(35-33-61(60)62)101(18)98-97-63/h24-26,29-30,54-58,60-62,64-65,67-68,73-76,91,95,103H,21-23,27-28,31-53H2,1-20H3,(H,88,109)(H,89,114)(H,90,115)(H,92,106)(H,93,108)(H,94,111)(H,96,110)/t56-,57+,58-,60+,61-,62+,64-,65-,67-,68+,73?,74?,75-,76+,86?,87?/m0/s1. The third-order valence-electron chi connectivity index (χ3n) is 24.5. The molecule has 122 heavy (non-hydrogen) atoms. The number of carbonyl (C=O) groups excluding carboxylic acids is 12. The predicted octanol–water partition coefficient (Wildman–Crippen LogP) is 4.05. The molecule has 0 radical (unpaired) electrons. The Hall–Kier alpha value is -8.32. The second-order valence-corrected chi connectivity index (χ2v) is 34.9. The maximum atomic E-state index is 14.6. The van der Waals surface area contributed by atoms with Crippen molar-refractivity contribution in [3.8, 4) is 0 Å². The number of nitrogens with zero attached hydrogens (tertiary/aromatic N) is 6. The lowest BCUT2D eigenvalue weighted by Crippen LogP contribution is -2.63. The zero-order chi connectivity index (χ0) is 90.8. The average molecular weight is 1720 g/mol. The summed E-state index contributed by atoms with van der Waals surface area (Å²) in [6, 6.07) is 3.26. The van der Waals surface area contributed by atoms with Crippen molar-refractivity contribution in [3.05, 3.63) is 47.3 Å². The summed E-state index contributed by atoms with van der Waals surface area (Å²) < 4.78 is 41.8. The largest absolute Gasteiger partial charge is 0.464 e. The number of aliphatic hydroxyl groups excluding tert-OH is 1. The molecule has 35 heteroatoms. The minimum Gasteiger partial charge on any atom is -0.464 e. The van der Waals surface area contributed by atoms with E-state index in [-0.39, 0.29) is 152 Å². The molecule has 16 atom stereocenters. The lowest BCUT2D eigenvalue weighted by Gasteiger charge is -2.41. The van der Waals surface area contributed by atoms with Gasteiger partial charge in [0.25, 0.3) is 0 Å². The number of carbonyl (C=O) groups is 12. The van der Waals surface area contributed by atoms with E-state index < -0.39 is 131 Å². The molecule has 690 valence electrons. The second-order valence-electron chi connectivity index (χ2n) is 34.9. The van der Waals surface area contributed by atoms with Crippen LogP contribution in [0.15, 0.2) is 30.3 Å². The van der Waals surface area contributed by atoms with E-state index in [4.69, 9.17) is 33.2 Å². The van der Waals surface area contributed by atoms with E-state index in [0.717, 1.165) is 36.9 Å². The Morgan fingerprint density at radius 2 is 1.33 bits per heavy atom. The van der Waals surface area contributed by atoms with Crippen molar-refractivity contribution in [1.29, 1.82) is 0 Å². The SMILES string of the molecule is CC[C@H](C)[C@@H]([C@@H](CC(=O)N1CCC[C@H]1[C@H](OC)[C@@H](C)C(=O)N[C@@H](Cc1ccccc1)C(=O)NCCCOC(=O)[C@H](C)NC(=O)CCNC(=O)OC[C@H](NC(C)(CC)C(=O)CNC(C)(CC)C(=O)CCOCCOCCNC(=O)OC[C@@H]1[C@@H]2CCc3nnn(C)c3CC[C@@H]21)C(=O)NC(C)(C)CCO)OC)N(C)C(=O)C(NC(=O)C(C(C)C)N(C)C)C(C)C. The van der Waals surface area contributed by atoms with E-state index in [1.54, 1.807) is 58.4 Å². The van der Waals surface area contributed by atoms with Gasteiger partial charge in [-0.25, -0.2) is 14.4 Å². The number of aliphatic hydroxyl groups is 1. The molecule has 1 saturated heterocycles. The smallest absolute Gasteiger partial charge is 0.407 e. The molecule has 10 N–H and O–H groups in total. The molecule has 2 heterocycles. The number of Topliss-reactive ketones (excluding diaryl/α,β-unsaturated/α-hetero) is 2. The van der Waals surface area contributed by atoms with Crippen molar-refractivity contribution in [1.82, 2.24) is 77.5 Å². The summed E-state index contributed by atoms with van der Waals surface area (Å²) >= 11 is 0. The first kappa shape index (κ1) is 104. The molecule has 0 bridgehead atoms. The highest BCUT2D eigenvalue weighted by Crippen LogP contribution is 2.53. The third kappa shape index (κ3) is 32.0. The second kappa shape index (κ2) is 51.2.